The average molecular weight is 382 g/mol. The number of imide groups is 1. The van der Waals surface area contributed by atoms with E-state index in [0.717, 1.165) is 4.90 Å². The number of benzene rings is 2. The Morgan fingerprint density at radius 3 is 1.96 bits per heavy atom. The summed E-state index contributed by atoms with van der Waals surface area (Å²) in [5, 5.41) is 9.53. The molecular weight excluding hydrogens is 364 g/mol. The van der Waals surface area contributed by atoms with Crippen LogP contribution in [0, 0.1) is 0 Å². The zero-order chi connectivity index (χ0) is 19.8. The lowest BCUT2D eigenvalue weighted by Crippen LogP contribution is -2.39. The van der Waals surface area contributed by atoms with Crippen LogP contribution >= 0.6 is 0 Å². The summed E-state index contributed by atoms with van der Waals surface area (Å²) in [6.07, 6.45) is 0. The molecule has 4 rings (SSSR count). The molecule has 28 heavy (non-hydrogen) atoms. The zero-order valence-corrected chi connectivity index (χ0v) is 15.5. The Morgan fingerprint density at radius 2 is 1.39 bits per heavy atom. The number of nitrogens with zero attached hydrogens (tertiary/aromatic N) is 4. The van der Waals surface area contributed by atoms with Crippen LogP contribution in [0.15, 0.2) is 52.8 Å². The van der Waals surface area contributed by atoms with Gasteiger partial charge in [-0.05, 0) is 24.3 Å². The zero-order valence-electron chi connectivity index (χ0n) is 15.5. The lowest BCUT2D eigenvalue weighted by Gasteiger charge is -2.21. The van der Waals surface area contributed by atoms with Crippen LogP contribution < -0.4 is 24.1 Å². The van der Waals surface area contributed by atoms with Crippen LogP contribution in [0.2, 0.25) is 0 Å². The molecule has 0 bridgehead atoms. The summed E-state index contributed by atoms with van der Waals surface area (Å²) in [6, 6.07) is 10.1. The summed E-state index contributed by atoms with van der Waals surface area (Å²) in [6.45, 7) is 0. The molecule has 2 unspecified atom stereocenters. The van der Waals surface area contributed by atoms with Crippen molar-refractivity contribution < 1.29 is 23.8 Å². The molecule has 0 N–H and O–H groups in total. The first-order valence-electron chi connectivity index (χ1n) is 8.52. The lowest BCUT2D eigenvalue weighted by molar-refractivity contribution is -0.121. The number of anilines is 2. The van der Waals surface area contributed by atoms with Gasteiger partial charge in [-0.25, -0.2) is 9.91 Å². The Kier molecular flexibility index (Phi) is 4.34. The standard InChI is InChI=1S/C19H18N4O5/c1-26-13-6-4-11(5-7-13)22-18(24)16-17(19(22)25)23(21-20-16)12-8-14(27-2)10-15(9-12)28-3/h4-10,16-17H,1-3H3. The molecular formula is C19H18N4O5. The van der Waals surface area contributed by atoms with E-state index >= 15 is 0 Å². The SMILES string of the molecule is COc1ccc(N2C(=O)C3N=NN(c4cc(OC)cc(OC)c4)C3C2=O)cc1. The molecule has 2 atom stereocenters. The van der Waals surface area contributed by atoms with Crippen molar-refractivity contribution in [1.82, 2.24) is 0 Å². The number of fused-ring (bicyclic) bond motifs is 1. The number of hydrogen-bond acceptors (Lipinski definition) is 8. The Morgan fingerprint density at radius 1 is 0.786 bits per heavy atom. The molecule has 9 heteroatoms. The van der Waals surface area contributed by atoms with E-state index in [9.17, 15) is 9.59 Å². The van der Waals surface area contributed by atoms with Crippen LogP contribution in [0.25, 0.3) is 0 Å². The normalized spacial score (nSPS) is 20.5. The Hall–Kier alpha value is -3.62. The van der Waals surface area contributed by atoms with E-state index in [-0.39, 0.29) is 0 Å². The van der Waals surface area contributed by atoms with Crippen molar-refractivity contribution in [3.05, 3.63) is 42.5 Å². The first kappa shape index (κ1) is 17.8. The molecule has 0 saturated carbocycles. The molecule has 0 radical (unpaired) electrons. The second kappa shape index (κ2) is 6.84. The smallest absolute Gasteiger partial charge is 0.263 e. The predicted octanol–water partition coefficient (Wildman–Crippen LogP) is 2.21. The second-order valence-corrected chi connectivity index (χ2v) is 6.22. The van der Waals surface area contributed by atoms with Crippen LogP contribution in [-0.2, 0) is 9.59 Å². The number of amides is 2. The molecule has 2 aromatic rings. The highest BCUT2D eigenvalue weighted by atomic mass is 16.5. The van der Waals surface area contributed by atoms with Crippen LogP contribution in [-0.4, -0.2) is 45.2 Å². The Balaban J connectivity index is 1.68. The van der Waals surface area contributed by atoms with Gasteiger partial charge >= 0.3 is 0 Å². The molecule has 0 aliphatic carbocycles. The number of ether oxygens (including phenoxy) is 3. The van der Waals surface area contributed by atoms with E-state index in [0.29, 0.717) is 28.6 Å². The fourth-order valence-electron chi connectivity index (χ4n) is 3.28. The van der Waals surface area contributed by atoms with Gasteiger partial charge in [-0.2, -0.15) is 5.11 Å². The quantitative estimate of drug-likeness (QED) is 0.736. The van der Waals surface area contributed by atoms with Crippen LogP contribution in [0.1, 0.15) is 0 Å². The van der Waals surface area contributed by atoms with E-state index in [1.165, 1.54) is 19.2 Å². The maximum Gasteiger partial charge on any atom is 0.263 e. The Labute approximate surface area is 161 Å². The van der Waals surface area contributed by atoms with Gasteiger partial charge in [0.25, 0.3) is 11.8 Å². The highest BCUT2D eigenvalue weighted by Gasteiger charge is 2.55. The largest absolute Gasteiger partial charge is 0.497 e. The first-order chi connectivity index (χ1) is 13.6. The minimum Gasteiger partial charge on any atom is -0.497 e. The van der Waals surface area contributed by atoms with Gasteiger partial charge in [0.2, 0.25) is 0 Å². The molecule has 0 spiro atoms. The topological polar surface area (TPSA) is 93.0 Å². The van der Waals surface area contributed by atoms with E-state index in [2.05, 4.69) is 10.3 Å². The maximum atomic E-state index is 13.1. The second-order valence-electron chi connectivity index (χ2n) is 6.22. The van der Waals surface area contributed by atoms with Crippen molar-refractivity contribution in [3.8, 4) is 17.2 Å². The van der Waals surface area contributed by atoms with E-state index < -0.39 is 23.9 Å². The van der Waals surface area contributed by atoms with Gasteiger partial charge in [0.05, 0.1) is 32.7 Å². The van der Waals surface area contributed by atoms with Crippen LogP contribution in [0.3, 0.4) is 0 Å². The summed E-state index contributed by atoms with van der Waals surface area (Å²) in [5.74, 6) is 0.898. The van der Waals surface area contributed by atoms with Crippen molar-refractivity contribution >= 4 is 23.2 Å². The summed E-state index contributed by atoms with van der Waals surface area (Å²) in [4.78, 5) is 27.1. The summed E-state index contributed by atoms with van der Waals surface area (Å²) < 4.78 is 15.7. The van der Waals surface area contributed by atoms with E-state index in [1.807, 2.05) is 0 Å². The number of carbonyl (C=O) groups excluding carboxylic acids is 2. The van der Waals surface area contributed by atoms with Crippen LogP contribution in [0.4, 0.5) is 11.4 Å². The van der Waals surface area contributed by atoms with E-state index in [1.54, 1.807) is 49.6 Å². The summed E-state index contributed by atoms with van der Waals surface area (Å²) in [5.41, 5.74) is 1.01. The molecule has 1 saturated heterocycles. The van der Waals surface area contributed by atoms with Crippen molar-refractivity contribution in [2.75, 3.05) is 31.2 Å². The number of hydrogen-bond donors (Lipinski definition) is 0. The van der Waals surface area contributed by atoms with E-state index in [4.69, 9.17) is 14.2 Å². The highest BCUT2D eigenvalue weighted by Crippen LogP contribution is 2.37. The first-order valence-corrected chi connectivity index (χ1v) is 8.52. The molecule has 1 fully saturated rings. The average Bonchev–Trinajstić information content (AvgIpc) is 3.28. The third-order valence-corrected chi connectivity index (χ3v) is 4.71. The van der Waals surface area contributed by atoms with Crippen molar-refractivity contribution in [3.63, 3.8) is 0 Å². The minimum absolute atomic E-state index is 0.396. The minimum atomic E-state index is -0.896. The predicted molar refractivity (Wildman–Crippen MR) is 99.9 cm³/mol. The molecule has 2 amide bonds. The fourth-order valence-corrected chi connectivity index (χ4v) is 3.28. The van der Waals surface area contributed by atoms with Gasteiger partial charge in [-0.1, -0.05) is 5.22 Å². The number of rotatable bonds is 5. The molecule has 0 aromatic heterocycles. The number of methoxy groups -OCH3 is 3. The highest BCUT2D eigenvalue weighted by molar-refractivity contribution is 6.26. The summed E-state index contributed by atoms with van der Waals surface area (Å²) in [7, 11) is 4.61. The molecule has 9 nitrogen and oxygen atoms in total. The van der Waals surface area contributed by atoms with Gasteiger partial charge < -0.3 is 14.2 Å². The van der Waals surface area contributed by atoms with Gasteiger partial charge in [0, 0.05) is 18.2 Å². The van der Waals surface area contributed by atoms with Crippen molar-refractivity contribution in [2.45, 2.75) is 12.1 Å². The lowest BCUT2D eigenvalue weighted by atomic mass is 10.1. The molecule has 2 heterocycles. The third-order valence-electron chi connectivity index (χ3n) is 4.71. The monoisotopic (exact) mass is 382 g/mol. The third kappa shape index (κ3) is 2.72. The van der Waals surface area contributed by atoms with Crippen molar-refractivity contribution in [1.29, 1.82) is 0 Å². The number of carbonyl (C=O) groups is 2. The van der Waals surface area contributed by atoms with Crippen LogP contribution in [0.5, 0.6) is 17.2 Å². The van der Waals surface area contributed by atoms with Gasteiger partial charge in [-0.15, -0.1) is 0 Å². The summed E-state index contributed by atoms with van der Waals surface area (Å²) >= 11 is 0. The van der Waals surface area contributed by atoms with Gasteiger partial charge in [0.1, 0.15) is 17.2 Å². The molecule has 2 aromatic carbocycles. The molecule has 2 aliphatic heterocycles. The van der Waals surface area contributed by atoms with Gasteiger partial charge in [0.15, 0.2) is 12.1 Å². The maximum absolute atomic E-state index is 13.1. The molecule has 144 valence electrons. The van der Waals surface area contributed by atoms with Crippen molar-refractivity contribution in [2.24, 2.45) is 10.3 Å². The molecule has 2 aliphatic rings. The van der Waals surface area contributed by atoms with Gasteiger partial charge in [-0.3, -0.25) is 9.59 Å². The fraction of sp³-hybridized carbons (Fsp3) is 0.263. The Bertz CT molecular complexity index is 937.